The van der Waals surface area contributed by atoms with Gasteiger partial charge in [-0.3, -0.25) is 4.79 Å². The lowest BCUT2D eigenvalue weighted by Gasteiger charge is -2.24. The van der Waals surface area contributed by atoms with Gasteiger partial charge in [-0.15, -0.1) is 0 Å². The van der Waals surface area contributed by atoms with Gasteiger partial charge >= 0.3 is 0 Å². The molecule has 5 nitrogen and oxygen atoms in total. The summed E-state index contributed by atoms with van der Waals surface area (Å²) in [6.45, 7) is 4.05. The van der Waals surface area contributed by atoms with E-state index in [4.69, 9.17) is 18.9 Å². The molecule has 1 heterocycles. The first-order chi connectivity index (χ1) is 15.8. The Labute approximate surface area is 198 Å². The molecule has 5 heteroatoms. The number of hydrogen-bond donors (Lipinski definition) is 0. The summed E-state index contributed by atoms with van der Waals surface area (Å²) >= 11 is 0. The highest BCUT2D eigenvalue weighted by atomic mass is 16.7. The highest BCUT2D eigenvalue weighted by Crippen LogP contribution is 2.15. The molecule has 32 heavy (non-hydrogen) atoms. The van der Waals surface area contributed by atoms with Gasteiger partial charge in [0.2, 0.25) is 0 Å². The zero-order valence-corrected chi connectivity index (χ0v) is 21.3. The maximum absolute atomic E-state index is 12.0. The van der Waals surface area contributed by atoms with Crippen LogP contribution in [0.3, 0.4) is 0 Å². The van der Waals surface area contributed by atoms with Crippen LogP contribution in [-0.2, 0) is 23.7 Å². The van der Waals surface area contributed by atoms with Gasteiger partial charge in [0.05, 0.1) is 13.2 Å². The first-order valence-electron chi connectivity index (χ1n) is 13.6. The summed E-state index contributed by atoms with van der Waals surface area (Å²) in [6.07, 6.45) is 22.2. The fraction of sp³-hybridized carbons (Fsp3) is 0.963. The van der Waals surface area contributed by atoms with Gasteiger partial charge in [0.25, 0.3) is 0 Å². The zero-order chi connectivity index (χ0) is 23.1. The number of Topliss-reactive ketones (excluding diaryl/α,β-unsaturated/α-hetero) is 1. The number of rotatable bonds is 23. The van der Waals surface area contributed by atoms with Crippen LogP contribution < -0.4 is 0 Å². The van der Waals surface area contributed by atoms with Gasteiger partial charge in [-0.25, -0.2) is 0 Å². The van der Waals surface area contributed by atoms with E-state index in [2.05, 4.69) is 6.92 Å². The van der Waals surface area contributed by atoms with Crippen LogP contribution in [0.25, 0.3) is 0 Å². The lowest BCUT2D eigenvalue weighted by molar-refractivity contribution is -0.182. The Morgan fingerprint density at radius 3 is 1.97 bits per heavy atom. The lowest BCUT2D eigenvalue weighted by atomic mass is 10.0. The molecule has 2 atom stereocenters. The first-order valence-corrected chi connectivity index (χ1v) is 13.6. The first kappa shape index (κ1) is 29.5. The van der Waals surface area contributed by atoms with Gasteiger partial charge < -0.3 is 18.9 Å². The Morgan fingerprint density at radius 1 is 0.844 bits per heavy atom. The van der Waals surface area contributed by atoms with Crippen molar-refractivity contribution in [3.8, 4) is 0 Å². The second-order valence-electron chi connectivity index (χ2n) is 9.39. The Morgan fingerprint density at radius 2 is 1.44 bits per heavy atom. The Hall–Kier alpha value is -0.490. The van der Waals surface area contributed by atoms with Crippen LogP contribution in [0.1, 0.15) is 122 Å². The van der Waals surface area contributed by atoms with Crippen LogP contribution >= 0.6 is 0 Å². The van der Waals surface area contributed by atoms with Gasteiger partial charge in [0.15, 0.2) is 12.1 Å². The van der Waals surface area contributed by atoms with Crippen LogP contribution in [0.15, 0.2) is 0 Å². The second kappa shape index (κ2) is 22.3. The largest absolute Gasteiger partial charge is 0.377 e. The molecule has 2 unspecified atom stereocenters. The molecule has 1 fully saturated rings. The molecule has 1 rings (SSSR count). The van der Waals surface area contributed by atoms with Gasteiger partial charge in [-0.1, -0.05) is 90.4 Å². The minimum atomic E-state index is -0.158. The Bertz CT molecular complexity index is 409. The number of carbonyl (C=O) groups is 1. The summed E-state index contributed by atoms with van der Waals surface area (Å²) in [4.78, 5) is 12.0. The number of ketones is 1. The van der Waals surface area contributed by atoms with Crippen molar-refractivity contribution in [2.24, 2.45) is 0 Å². The third kappa shape index (κ3) is 18.0. The number of methoxy groups -OCH3 is 1. The Kier molecular flexibility index (Phi) is 20.6. The van der Waals surface area contributed by atoms with Crippen LogP contribution in [-0.4, -0.2) is 51.7 Å². The van der Waals surface area contributed by atoms with E-state index >= 15 is 0 Å². The smallest absolute Gasteiger partial charge is 0.158 e. The minimum absolute atomic E-state index is 0.122. The molecule has 0 aliphatic carbocycles. The molecule has 0 bridgehead atoms. The molecule has 1 aliphatic rings. The van der Waals surface area contributed by atoms with Crippen LogP contribution in [0.4, 0.5) is 0 Å². The van der Waals surface area contributed by atoms with Crippen molar-refractivity contribution in [3.63, 3.8) is 0 Å². The van der Waals surface area contributed by atoms with E-state index in [0.29, 0.717) is 19.6 Å². The van der Waals surface area contributed by atoms with Gasteiger partial charge in [-0.2, -0.15) is 0 Å². The summed E-state index contributed by atoms with van der Waals surface area (Å²) in [5, 5.41) is 0. The minimum Gasteiger partial charge on any atom is -0.377 e. The summed E-state index contributed by atoms with van der Waals surface area (Å²) < 4.78 is 22.3. The molecule has 0 aromatic rings. The normalized spacial score (nSPS) is 17.5. The summed E-state index contributed by atoms with van der Waals surface area (Å²) in [7, 11) is 1.65. The van der Waals surface area contributed by atoms with Crippen molar-refractivity contribution >= 4 is 5.78 Å². The lowest BCUT2D eigenvalue weighted by Crippen LogP contribution is -2.31. The predicted molar refractivity (Wildman–Crippen MR) is 131 cm³/mol. The highest BCUT2D eigenvalue weighted by molar-refractivity contribution is 5.79. The van der Waals surface area contributed by atoms with Crippen LogP contribution in [0.2, 0.25) is 0 Å². The molecular formula is C27H52O5. The molecule has 0 aromatic carbocycles. The summed E-state index contributed by atoms with van der Waals surface area (Å²) in [5.74, 6) is 0.190. The average molecular weight is 457 g/mol. The molecule has 1 saturated heterocycles. The number of hydrogen-bond acceptors (Lipinski definition) is 5. The highest BCUT2D eigenvalue weighted by Gasteiger charge is 2.17. The van der Waals surface area contributed by atoms with Crippen molar-refractivity contribution in [3.05, 3.63) is 0 Å². The SMILES string of the molecule is CCCCCCCCCCCCCCCCC(=O)COCC(COC1CCCCO1)OC. The molecule has 0 saturated carbocycles. The molecule has 1 aliphatic heterocycles. The molecule has 190 valence electrons. The Balaban J connectivity index is 1.83. The molecule has 0 N–H and O–H groups in total. The maximum Gasteiger partial charge on any atom is 0.158 e. The number of carbonyl (C=O) groups excluding carboxylic acids is 1. The van der Waals surface area contributed by atoms with Gasteiger partial charge in [0, 0.05) is 20.1 Å². The van der Waals surface area contributed by atoms with E-state index in [9.17, 15) is 4.79 Å². The molecular weight excluding hydrogens is 404 g/mol. The predicted octanol–water partition coefficient (Wildman–Crippen LogP) is 7.00. The maximum atomic E-state index is 12.0. The van der Waals surface area contributed by atoms with Crippen molar-refractivity contribution in [2.45, 2.75) is 135 Å². The molecule has 0 aromatic heterocycles. The summed E-state index contributed by atoms with van der Waals surface area (Å²) in [5.41, 5.74) is 0. The van der Waals surface area contributed by atoms with Crippen molar-refractivity contribution < 1.29 is 23.7 Å². The topological polar surface area (TPSA) is 54.0 Å². The van der Waals surface area contributed by atoms with E-state index in [1.807, 2.05) is 0 Å². The van der Waals surface area contributed by atoms with Gasteiger partial charge in [-0.05, 0) is 25.7 Å². The van der Waals surface area contributed by atoms with E-state index in [1.165, 1.54) is 77.0 Å². The van der Waals surface area contributed by atoms with Crippen LogP contribution in [0, 0.1) is 0 Å². The molecule has 0 spiro atoms. The standard InChI is InChI=1S/C27H52O5/c1-3-4-5-6-7-8-9-10-11-12-13-14-15-16-19-25(28)22-30-23-26(29-2)24-32-27-20-17-18-21-31-27/h26-27H,3-24H2,1-2H3. The quantitative estimate of drug-likeness (QED) is 0.155. The molecule has 0 amide bonds. The summed E-state index contributed by atoms with van der Waals surface area (Å²) in [6, 6.07) is 0. The fourth-order valence-electron chi connectivity index (χ4n) is 4.13. The number of ether oxygens (including phenoxy) is 4. The number of unbranched alkanes of at least 4 members (excludes halogenated alkanes) is 13. The van der Waals surface area contributed by atoms with E-state index in [1.54, 1.807) is 7.11 Å². The second-order valence-corrected chi connectivity index (χ2v) is 9.39. The van der Waals surface area contributed by atoms with Crippen LogP contribution in [0.5, 0.6) is 0 Å². The zero-order valence-electron chi connectivity index (χ0n) is 21.3. The van der Waals surface area contributed by atoms with Crippen molar-refractivity contribution in [1.29, 1.82) is 0 Å². The third-order valence-corrected chi connectivity index (χ3v) is 6.32. The van der Waals surface area contributed by atoms with Crippen molar-refractivity contribution in [2.75, 3.05) is 33.5 Å². The third-order valence-electron chi connectivity index (χ3n) is 6.32. The van der Waals surface area contributed by atoms with E-state index < -0.39 is 0 Å². The van der Waals surface area contributed by atoms with Gasteiger partial charge in [0.1, 0.15) is 12.7 Å². The van der Waals surface area contributed by atoms with Crippen molar-refractivity contribution in [1.82, 2.24) is 0 Å². The average Bonchev–Trinajstić information content (AvgIpc) is 2.82. The van der Waals surface area contributed by atoms with E-state index in [-0.39, 0.29) is 24.8 Å². The molecule has 0 radical (unpaired) electrons. The fourth-order valence-corrected chi connectivity index (χ4v) is 4.13. The monoisotopic (exact) mass is 456 g/mol. The van der Waals surface area contributed by atoms with E-state index in [0.717, 1.165) is 38.7 Å².